The number of benzene rings is 18. The molecular formula is C114H69N9O3. The van der Waals surface area contributed by atoms with Crippen LogP contribution in [0, 0.1) is 0 Å². The lowest BCUT2D eigenvalue weighted by atomic mass is 10.0. The fourth-order valence-electron chi connectivity index (χ4n) is 18.8. The number of rotatable bonds is 9. The molecule has 0 atom stereocenters. The number of fused-ring (bicyclic) bond motifs is 23. The topological polar surface area (TPSA) is 132 Å². The molecule has 0 aliphatic heterocycles. The molecular weight excluding hydrogens is 1540 g/mol. The van der Waals surface area contributed by atoms with Crippen molar-refractivity contribution in [2.45, 2.75) is 0 Å². The zero-order chi connectivity index (χ0) is 82.9. The van der Waals surface area contributed by atoms with Crippen molar-refractivity contribution in [3.8, 4) is 85.0 Å². The van der Waals surface area contributed by atoms with Crippen molar-refractivity contribution >= 4 is 164 Å². The fourth-order valence-corrected chi connectivity index (χ4v) is 18.8. The monoisotopic (exact) mass is 1610 g/mol. The summed E-state index contributed by atoms with van der Waals surface area (Å²) in [7, 11) is 0. The summed E-state index contributed by atoms with van der Waals surface area (Å²) < 4.78 is 25.7. The van der Waals surface area contributed by atoms with Gasteiger partial charge < -0.3 is 13.3 Å². The zero-order valence-corrected chi connectivity index (χ0v) is 67.6. The maximum atomic E-state index is 6.54. The molecule has 126 heavy (non-hydrogen) atoms. The molecule has 0 aliphatic carbocycles. The van der Waals surface area contributed by atoms with E-state index < -0.39 is 0 Å². The van der Waals surface area contributed by atoms with E-state index in [9.17, 15) is 0 Å². The maximum Gasteiger partial charge on any atom is 0.235 e. The quantitative estimate of drug-likeness (QED) is 0.139. The molecule has 0 saturated heterocycles. The fraction of sp³-hybridized carbons (Fsp3) is 0. The van der Waals surface area contributed by atoms with Gasteiger partial charge in [0, 0.05) is 98.2 Å². The van der Waals surface area contributed by atoms with E-state index in [-0.39, 0.29) is 0 Å². The van der Waals surface area contributed by atoms with E-state index in [1.807, 2.05) is 84.9 Å². The van der Waals surface area contributed by atoms with Crippen molar-refractivity contribution in [1.29, 1.82) is 0 Å². The molecule has 0 spiro atoms. The Bertz CT molecular complexity index is 9000. The molecule has 0 N–H and O–H groups in total. The molecule has 588 valence electrons. The highest BCUT2D eigenvalue weighted by atomic mass is 16.3. The smallest absolute Gasteiger partial charge is 0.235 e. The van der Waals surface area contributed by atoms with Gasteiger partial charge in [-0.25, -0.2) is 29.9 Å². The van der Waals surface area contributed by atoms with E-state index in [4.69, 9.17) is 43.2 Å². The first-order valence-electron chi connectivity index (χ1n) is 42.3. The Morgan fingerprint density at radius 3 is 0.960 bits per heavy atom. The molecule has 27 rings (SSSR count). The average Bonchev–Trinajstić information content (AvgIpc) is 1.57. The summed E-state index contributed by atoms with van der Waals surface area (Å²) in [5.74, 6) is 1.90. The van der Waals surface area contributed by atoms with Crippen molar-refractivity contribution in [2.24, 2.45) is 0 Å². The van der Waals surface area contributed by atoms with Crippen LogP contribution in [0.4, 0.5) is 0 Å². The lowest BCUT2D eigenvalue weighted by Crippen LogP contribution is -2.03. The predicted octanol–water partition coefficient (Wildman–Crippen LogP) is 29.9. The molecule has 0 bridgehead atoms. The van der Waals surface area contributed by atoms with Crippen LogP contribution in [0.25, 0.3) is 249 Å². The van der Waals surface area contributed by atoms with Gasteiger partial charge in [0.05, 0.1) is 66.6 Å². The molecule has 12 nitrogen and oxygen atoms in total. The van der Waals surface area contributed by atoms with E-state index in [1.54, 1.807) is 0 Å². The number of furan rings is 3. The first-order chi connectivity index (χ1) is 62.5. The summed E-state index contributed by atoms with van der Waals surface area (Å²) in [4.78, 5) is 31.3. The second-order valence-electron chi connectivity index (χ2n) is 31.9. The van der Waals surface area contributed by atoms with Crippen LogP contribution in [0.15, 0.2) is 432 Å². The highest BCUT2D eigenvalue weighted by Gasteiger charge is 2.26. The van der Waals surface area contributed by atoms with Crippen LogP contribution < -0.4 is 0 Å². The molecule has 0 aliphatic rings. The van der Waals surface area contributed by atoms with E-state index in [0.29, 0.717) is 17.8 Å². The third-order valence-electron chi connectivity index (χ3n) is 24.7. The molecule has 12 heteroatoms. The molecule has 9 aromatic heterocycles. The predicted molar refractivity (Wildman–Crippen MR) is 516 cm³/mol. The van der Waals surface area contributed by atoms with Crippen molar-refractivity contribution in [2.75, 3.05) is 0 Å². The van der Waals surface area contributed by atoms with Crippen molar-refractivity contribution in [3.63, 3.8) is 0 Å². The van der Waals surface area contributed by atoms with E-state index in [0.717, 1.165) is 198 Å². The Hall–Kier alpha value is -17.2. The molecule has 27 aromatic rings. The van der Waals surface area contributed by atoms with Crippen LogP contribution in [0.2, 0.25) is 0 Å². The van der Waals surface area contributed by atoms with Gasteiger partial charge in [0.15, 0.2) is 5.58 Å². The second-order valence-corrected chi connectivity index (χ2v) is 31.9. The Kier molecular flexibility index (Phi) is 16.7. The van der Waals surface area contributed by atoms with Gasteiger partial charge in [-0.2, -0.15) is 0 Å². The lowest BCUT2D eigenvalue weighted by molar-refractivity contribution is 0.669. The van der Waals surface area contributed by atoms with Crippen molar-refractivity contribution < 1.29 is 13.3 Å². The van der Waals surface area contributed by atoms with Crippen LogP contribution >= 0.6 is 0 Å². The highest BCUT2D eigenvalue weighted by Crippen LogP contribution is 2.46. The largest absolute Gasteiger partial charge is 0.456 e. The molecule has 0 saturated carbocycles. The Morgan fingerprint density at radius 2 is 0.484 bits per heavy atom. The summed E-state index contributed by atoms with van der Waals surface area (Å²) in [6.45, 7) is 0. The van der Waals surface area contributed by atoms with Crippen LogP contribution in [0.5, 0.6) is 0 Å². The number of aromatic nitrogens is 9. The minimum Gasteiger partial charge on any atom is -0.456 e. The molecule has 0 radical (unpaired) electrons. The lowest BCUT2D eigenvalue weighted by Gasteiger charge is -2.12. The van der Waals surface area contributed by atoms with Crippen LogP contribution in [0.1, 0.15) is 0 Å². The van der Waals surface area contributed by atoms with Crippen LogP contribution in [-0.2, 0) is 0 Å². The maximum absolute atomic E-state index is 6.54. The number of para-hydroxylation sites is 9. The van der Waals surface area contributed by atoms with Crippen LogP contribution in [0.3, 0.4) is 0 Å². The molecule has 9 heterocycles. The van der Waals surface area contributed by atoms with Crippen molar-refractivity contribution in [1.82, 2.24) is 43.6 Å². The second kappa shape index (κ2) is 29.3. The summed E-state index contributed by atoms with van der Waals surface area (Å²) in [5, 5.41) is 16.5. The molecule has 0 unspecified atom stereocenters. The summed E-state index contributed by atoms with van der Waals surface area (Å²) in [5.41, 5.74) is 27.1. The van der Waals surface area contributed by atoms with Gasteiger partial charge in [0.25, 0.3) is 0 Å². The number of hydrogen-bond donors (Lipinski definition) is 0. The first-order valence-corrected chi connectivity index (χ1v) is 42.3. The van der Waals surface area contributed by atoms with Gasteiger partial charge in [0.1, 0.15) is 33.4 Å². The van der Waals surface area contributed by atoms with Crippen molar-refractivity contribution in [3.05, 3.63) is 419 Å². The average molecular weight is 1610 g/mol. The zero-order valence-electron chi connectivity index (χ0n) is 67.6. The van der Waals surface area contributed by atoms with Gasteiger partial charge >= 0.3 is 0 Å². The Morgan fingerprint density at radius 1 is 0.167 bits per heavy atom. The summed E-state index contributed by atoms with van der Waals surface area (Å²) in [6, 6.07) is 145. The Balaban J connectivity index is 0.000000103. The number of hydrogen-bond acceptors (Lipinski definition) is 9. The van der Waals surface area contributed by atoms with Gasteiger partial charge in [-0.3, -0.25) is 13.7 Å². The normalized spacial score (nSPS) is 11.8. The third-order valence-corrected chi connectivity index (χ3v) is 24.7. The standard InChI is InChI=1S/3C38H23N3O/c1-2-10-24(11-3-1)25-18-20-26(21-19-25)37-29-14-4-7-15-32(29)39-38(40-37)41-33-16-8-5-12-27(33)30-22-31-28-13-6-9-17-35(28)42-36(31)23-34(30)41;1-2-10-24(11-3-1)25-18-20-26(21-19-25)35-31-14-4-7-15-32(31)39-38(40-35)41-33-16-8-5-12-27(33)29-22-23-30-28-13-6-9-17-34(28)42-37(30)36(29)41;1-2-10-24(11-3-1)25-18-20-26(21-19-25)36-29-13-4-7-15-31(29)39-38(40-36)41-32-16-8-5-12-27(32)28-22-23-34-35(37(28)41)30-14-6-9-17-33(30)42-34/h3*1-23H. The molecule has 0 amide bonds. The van der Waals surface area contributed by atoms with Crippen LogP contribution in [-0.4, -0.2) is 43.6 Å². The summed E-state index contributed by atoms with van der Waals surface area (Å²) >= 11 is 0. The van der Waals surface area contributed by atoms with E-state index in [2.05, 4.69) is 347 Å². The van der Waals surface area contributed by atoms with Gasteiger partial charge in [0.2, 0.25) is 17.8 Å². The highest BCUT2D eigenvalue weighted by molar-refractivity contribution is 6.25. The van der Waals surface area contributed by atoms with Gasteiger partial charge in [-0.15, -0.1) is 0 Å². The minimum absolute atomic E-state index is 0.620. The van der Waals surface area contributed by atoms with Gasteiger partial charge in [-0.1, -0.05) is 334 Å². The van der Waals surface area contributed by atoms with E-state index >= 15 is 0 Å². The minimum atomic E-state index is 0.620. The molecule has 0 fully saturated rings. The van der Waals surface area contributed by atoms with Gasteiger partial charge in [-0.05, 0) is 112 Å². The molecule has 18 aromatic carbocycles. The summed E-state index contributed by atoms with van der Waals surface area (Å²) in [6.07, 6.45) is 0. The SMILES string of the molecule is c1ccc(-c2ccc(-c3nc(-n4c5ccccc5c5cc6c(cc54)oc4ccccc46)nc4ccccc34)cc2)cc1.c1ccc(-c2ccc(-c3nc(-n4c5ccccc5c5ccc6c7ccccc7oc6c54)nc4ccccc34)cc2)cc1.c1ccc(-c2ccc(-c3nc(-n4c5ccccc5c5ccc6oc7ccccc7c6c54)nc4ccccc34)cc2)cc1. The number of nitrogens with zero attached hydrogens (tertiary/aromatic N) is 9. The first kappa shape index (κ1) is 71.7. The third kappa shape index (κ3) is 11.8. The Labute approximate surface area is 719 Å². The van der Waals surface area contributed by atoms with E-state index in [1.165, 1.54) is 33.4 Å².